The number of nitrogens with two attached hydrogens (primary N) is 1. The molecule has 3 nitrogen and oxygen atoms in total. The molecule has 0 saturated carbocycles. The predicted octanol–water partition coefficient (Wildman–Crippen LogP) is 2.50. The molecule has 0 aliphatic carbocycles. The van der Waals surface area contributed by atoms with E-state index in [1.807, 2.05) is 0 Å². The third kappa shape index (κ3) is 2.12. The van der Waals surface area contributed by atoms with E-state index in [1.54, 1.807) is 0 Å². The van der Waals surface area contributed by atoms with E-state index in [1.165, 1.54) is 13.2 Å². The quantitative estimate of drug-likeness (QED) is 0.856. The third-order valence-corrected chi connectivity index (χ3v) is 2.21. The minimum atomic E-state index is -2.58. The maximum absolute atomic E-state index is 12.5. The molecular formula is C8H9BrF2N2O. The SMILES string of the molecule is COc1nc(CBr)c(C(F)F)cc1N. The van der Waals surface area contributed by atoms with Crippen LogP contribution in [0.25, 0.3) is 0 Å². The van der Waals surface area contributed by atoms with Crippen LogP contribution in [0.5, 0.6) is 5.88 Å². The summed E-state index contributed by atoms with van der Waals surface area (Å²) in [5.74, 6) is 0.170. The van der Waals surface area contributed by atoms with Crippen LogP contribution >= 0.6 is 15.9 Å². The zero-order valence-electron chi connectivity index (χ0n) is 7.43. The van der Waals surface area contributed by atoms with E-state index >= 15 is 0 Å². The molecule has 0 atom stereocenters. The predicted molar refractivity (Wildman–Crippen MR) is 52.8 cm³/mol. The Hall–Kier alpha value is -0.910. The zero-order valence-corrected chi connectivity index (χ0v) is 9.01. The topological polar surface area (TPSA) is 48.1 Å². The molecule has 1 aromatic rings. The van der Waals surface area contributed by atoms with Crippen LogP contribution in [0.1, 0.15) is 17.7 Å². The Labute approximate surface area is 88.4 Å². The monoisotopic (exact) mass is 266 g/mol. The number of ether oxygens (including phenoxy) is 1. The highest BCUT2D eigenvalue weighted by atomic mass is 79.9. The summed E-state index contributed by atoms with van der Waals surface area (Å²) in [6, 6.07) is 1.19. The normalized spacial score (nSPS) is 10.6. The van der Waals surface area contributed by atoms with E-state index in [-0.39, 0.29) is 28.2 Å². The largest absolute Gasteiger partial charge is 0.480 e. The first kappa shape index (κ1) is 11.2. The van der Waals surface area contributed by atoms with Gasteiger partial charge in [0.15, 0.2) is 0 Å². The van der Waals surface area contributed by atoms with E-state index in [0.29, 0.717) is 0 Å². The molecule has 0 fully saturated rings. The molecule has 0 aliphatic heterocycles. The van der Waals surface area contributed by atoms with Crippen LogP contribution in [0.2, 0.25) is 0 Å². The second-order valence-electron chi connectivity index (χ2n) is 2.56. The van der Waals surface area contributed by atoms with Gasteiger partial charge < -0.3 is 10.5 Å². The second-order valence-corrected chi connectivity index (χ2v) is 3.12. The van der Waals surface area contributed by atoms with Crippen molar-refractivity contribution in [3.63, 3.8) is 0 Å². The summed E-state index contributed by atoms with van der Waals surface area (Å²) in [6.07, 6.45) is -2.58. The van der Waals surface area contributed by atoms with Crippen molar-refractivity contribution in [1.82, 2.24) is 4.98 Å². The van der Waals surface area contributed by atoms with Crippen LogP contribution in [0.4, 0.5) is 14.5 Å². The fraction of sp³-hybridized carbons (Fsp3) is 0.375. The summed E-state index contributed by atoms with van der Waals surface area (Å²) in [7, 11) is 1.39. The third-order valence-electron chi connectivity index (χ3n) is 1.68. The number of methoxy groups -OCH3 is 1. The molecule has 78 valence electrons. The fourth-order valence-corrected chi connectivity index (χ4v) is 1.47. The second kappa shape index (κ2) is 4.54. The Balaban J connectivity index is 3.24. The van der Waals surface area contributed by atoms with E-state index in [0.717, 1.165) is 0 Å². The van der Waals surface area contributed by atoms with Crippen molar-refractivity contribution in [2.24, 2.45) is 0 Å². The van der Waals surface area contributed by atoms with Crippen molar-refractivity contribution in [2.45, 2.75) is 11.8 Å². The van der Waals surface area contributed by atoms with Crippen molar-refractivity contribution in [1.29, 1.82) is 0 Å². The Morgan fingerprint density at radius 2 is 2.29 bits per heavy atom. The highest BCUT2D eigenvalue weighted by Crippen LogP contribution is 2.29. The number of halogens is 3. The average Bonchev–Trinajstić information content (AvgIpc) is 2.17. The lowest BCUT2D eigenvalue weighted by Crippen LogP contribution is -2.02. The highest BCUT2D eigenvalue weighted by molar-refractivity contribution is 9.08. The molecule has 0 aromatic carbocycles. The van der Waals surface area contributed by atoms with Crippen molar-refractivity contribution in [2.75, 3.05) is 12.8 Å². The smallest absolute Gasteiger partial charge is 0.265 e. The maximum atomic E-state index is 12.5. The number of hydrogen-bond acceptors (Lipinski definition) is 3. The number of hydrogen-bond donors (Lipinski definition) is 1. The molecule has 14 heavy (non-hydrogen) atoms. The number of alkyl halides is 3. The molecule has 1 heterocycles. The lowest BCUT2D eigenvalue weighted by molar-refractivity contribution is 0.150. The Morgan fingerprint density at radius 1 is 1.64 bits per heavy atom. The van der Waals surface area contributed by atoms with Gasteiger partial charge in [0.2, 0.25) is 5.88 Å². The summed E-state index contributed by atoms with van der Waals surface area (Å²) in [5.41, 5.74) is 5.65. The van der Waals surface area contributed by atoms with E-state index < -0.39 is 6.43 Å². The van der Waals surface area contributed by atoms with E-state index in [4.69, 9.17) is 10.5 Å². The molecule has 0 amide bonds. The molecular weight excluding hydrogens is 258 g/mol. The molecule has 0 unspecified atom stereocenters. The average molecular weight is 267 g/mol. The van der Waals surface area contributed by atoms with Crippen LogP contribution in [0.3, 0.4) is 0 Å². The van der Waals surface area contributed by atoms with Gasteiger partial charge in [-0.05, 0) is 6.07 Å². The Kier molecular flexibility index (Phi) is 3.62. The first-order valence-corrected chi connectivity index (χ1v) is 4.89. The van der Waals surface area contributed by atoms with Crippen LogP contribution in [-0.2, 0) is 5.33 Å². The molecule has 0 saturated heterocycles. The number of aromatic nitrogens is 1. The van der Waals surface area contributed by atoms with Gasteiger partial charge in [-0.2, -0.15) is 0 Å². The van der Waals surface area contributed by atoms with Crippen LogP contribution in [-0.4, -0.2) is 12.1 Å². The molecule has 1 aromatic heterocycles. The van der Waals surface area contributed by atoms with Gasteiger partial charge in [-0.25, -0.2) is 13.8 Å². The van der Waals surface area contributed by atoms with Crippen molar-refractivity contribution in [3.8, 4) is 5.88 Å². The molecule has 1 rings (SSSR count). The number of pyridine rings is 1. The van der Waals surface area contributed by atoms with Gasteiger partial charge in [0.05, 0.1) is 18.5 Å². The van der Waals surface area contributed by atoms with Gasteiger partial charge in [-0.15, -0.1) is 0 Å². The molecule has 0 spiro atoms. The number of nitrogen functional groups attached to an aromatic ring is 1. The van der Waals surface area contributed by atoms with E-state index in [9.17, 15) is 8.78 Å². The summed E-state index contributed by atoms with van der Waals surface area (Å²) in [5, 5.41) is 0.239. The molecule has 0 bridgehead atoms. The highest BCUT2D eigenvalue weighted by Gasteiger charge is 2.16. The minimum Gasteiger partial charge on any atom is -0.480 e. The number of nitrogens with zero attached hydrogens (tertiary/aromatic N) is 1. The first-order chi connectivity index (χ1) is 6.60. The lowest BCUT2D eigenvalue weighted by atomic mass is 10.2. The summed E-state index contributed by atoms with van der Waals surface area (Å²) >= 11 is 3.07. The standard InChI is InChI=1S/C8H9BrF2N2O/c1-14-8-5(12)2-4(7(10)11)6(3-9)13-8/h2,7H,3,12H2,1H3. The van der Waals surface area contributed by atoms with Gasteiger partial charge in [-0.1, -0.05) is 15.9 Å². The molecule has 0 radical (unpaired) electrons. The molecule has 2 N–H and O–H groups in total. The van der Waals surface area contributed by atoms with Crippen LogP contribution < -0.4 is 10.5 Å². The minimum absolute atomic E-state index is 0.118. The Morgan fingerprint density at radius 3 is 2.71 bits per heavy atom. The lowest BCUT2D eigenvalue weighted by Gasteiger charge is -2.09. The zero-order chi connectivity index (χ0) is 10.7. The molecule has 0 aliphatic rings. The van der Waals surface area contributed by atoms with Gasteiger partial charge in [0, 0.05) is 10.9 Å². The van der Waals surface area contributed by atoms with Gasteiger partial charge in [0.1, 0.15) is 0 Å². The summed E-state index contributed by atoms with van der Waals surface area (Å²) < 4.78 is 29.8. The van der Waals surface area contributed by atoms with Crippen molar-refractivity contribution < 1.29 is 13.5 Å². The van der Waals surface area contributed by atoms with Crippen LogP contribution in [0.15, 0.2) is 6.07 Å². The maximum Gasteiger partial charge on any atom is 0.265 e. The van der Waals surface area contributed by atoms with Crippen LogP contribution in [0, 0.1) is 0 Å². The summed E-state index contributed by atoms with van der Waals surface area (Å²) in [6.45, 7) is 0. The first-order valence-electron chi connectivity index (χ1n) is 3.77. The number of anilines is 1. The van der Waals surface area contributed by atoms with Gasteiger partial charge in [0.25, 0.3) is 6.43 Å². The Bertz CT molecular complexity index is 333. The fourth-order valence-electron chi connectivity index (χ4n) is 1.02. The van der Waals surface area contributed by atoms with E-state index in [2.05, 4.69) is 20.9 Å². The van der Waals surface area contributed by atoms with Crippen molar-refractivity contribution in [3.05, 3.63) is 17.3 Å². The van der Waals surface area contributed by atoms with Gasteiger partial charge in [-0.3, -0.25) is 0 Å². The molecule has 6 heteroatoms. The van der Waals surface area contributed by atoms with Crippen molar-refractivity contribution >= 4 is 21.6 Å². The summed E-state index contributed by atoms with van der Waals surface area (Å²) in [4.78, 5) is 3.86. The number of rotatable bonds is 3. The van der Waals surface area contributed by atoms with Gasteiger partial charge >= 0.3 is 0 Å².